The second-order valence-corrected chi connectivity index (χ2v) is 29.4. The molecule has 0 aromatic rings. The Labute approximate surface area is 214 Å². The highest BCUT2D eigenvalue weighted by atomic mass is 28.4. The van der Waals surface area contributed by atoms with Gasteiger partial charge in [0, 0.05) is 6.10 Å². The van der Waals surface area contributed by atoms with Gasteiger partial charge in [-0.1, -0.05) is 13.8 Å². The maximum atomic E-state index is 7.03. The molecule has 3 unspecified atom stereocenters. The van der Waals surface area contributed by atoms with E-state index in [1.165, 1.54) is 51.4 Å². The quantitative estimate of drug-likeness (QED) is 0.327. The molecule has 3 nitrogen and oxygen atoms in total. The van der Waals surface area contributed by atoms with Gasteiger partial charge in [0.05, 0.1) is 12.2 Å². The van der Waals surface area contributed by atoms with Gasteiger partial charge in [-0.3, -0.25) is 0 Å². The lowest BCUT2D eigenvalue weighted by molar-refractivity contribution is -0.131. The van der Waals surface area contributed by atoms with Crippen molar-refractivity contribution in [2.45, 2.75) is 142 Å². The van der Waals surface area contributed by atoms with E-state index in [4.69, 9.17) is 13.3 Å². The summed E-state index contributed by atoms with van der Waals surface area (Å²) in [5.74, 6) is 3.37. The number of hydrogen-bond acceptors (Lipinski definition) is 3. The van der Waals surface area contributed by atoms with Gasteiger partial charge in [0.15, 0.2) is 25.0 Å². The van der Waals surface area contributed by atoms with Crippen LogP contribution < -0.4 is 0 Å². The van der Waals surface area contributed by atoms with Crippen LogP contribution in [-0.2, 0) is 13.3 Å². The van der Waals surface area contributed by atoms with E-state index < -0.39 is 25.0 Å². The van der Waals surface area contributed by atoms with Gasteiger partial charge in [0.1, 0.15) is 0 Å². The molecule has 0 bridgehead atoms. The third-order valence-corrected chi connectivity index (χ3v) is 13.0. The van der Waals surface area contributed by atoms with Crippen molar-refractivity contribution in [3.05, 3.63) is 0 Å². The first-order chi connectivity index (χ1) is 15.4. The fourth-order valence-corrected chi connectivity index (χ4v) is 12.4. The Bertz CT molecular complexity index is 739. The van der Waals surface area contributed by atoms with Crippen molar-refractivity contribution in [3.8, 4) is 0 Å². The van der Waals surface area contributed by atoms with Crippen molar-refractivity contribution in [3.63, 3.8) is 0 Å². The Balaban J connectivity index is 1.56. The lowest BCUT2D eigenvalue weighted by Gasteiger charge is -2.61. The predicted octanol–water partition coefficient (Wildman–Crippen LogP) is 8.30. The first-order valence-electron chi connectivity index (χ1n) is 14.4. The molecule has 6 heteroatoms. The summed E-state index contributed by atoms with van der Waals surface area (Å²) in [6.45, 7) is 26.5. The summed E-state index contributed by atoms with van der Waals surface area (Å²) >= 11 is 0. The summed E-state index contributed by atoms with van der Waals surface area (Å²) in [6, 6.07) is 0. The third kappa shape index (κ3) is 5.52. The summed E-state index contributed by atoms with van der Waals surface area (Å²) in [6.07, 6.45) is 11.9. The average Bonchev–Trinajstić information content (AvgIpc) is 2.90. The second kappa shape index (κ2) is 9.07. The van der Waals surface area contributed by atoms with Crippen molar-refractivity contribution < 1.29 is 13.3 Å². The van der Waals surface area contributed by atoms with E-state index in [2.05, 4.69) is 72.8 Å². The van der Waals surface area contributed by atoms with Crippen LogP contribution in [0.5, 0.6) is 0 Å². The Morgan fingerprint density at radius 2 is 1.18 bits per heavy atom. The summed E-state index contributed by atoms with van der Waals surface area (Å²) in [5, 5.41) is 0. The maximum Gasteiger partial charge on any atom is 0.184 e. The van der Waals surface area contributed by atoms with Gasteiger partial charge in [-0.05, 0) is 145 Å². The lowest BCUT2D eigenvalue weighted by Crippen LogP contribution is -2.56. The topological polar surface area (TPSA) is 27.7 Å². The molecule has 0 heterocycles. The predicted molar refractivity (Wildman–Crippen MR) is 152 cm³/mol. The fourth-order valence-electron chi connectivity index (χ4n) is 8.92. The minimum Gasteiger partial charge on any atom is -0.415 e. The smallest absolute Gasteiger partial charge is 0.184 e. The molecule has 0 aliphatic heterocycles. The molecule has 0 aromatic heterocycles. The summed E-state index contributed by atoms with van der Waals surface area (Å²) in [5.41, 5.74) is 0.795. The summed E-state index contributed by atoms with van der Waals surface area (Å²) in [7, 11) is -4.74. The Hall–Kier alpha value is 0.531. The first kappa shape index (κ1) is 27.6. The third-order valence-electron chi connectivity index (χ3n) is 10.0. The molecule has 0 spiro atoms. The molecule has 4 aliphatic carbocycles. The van der Waals surface area contributed by atoms with Gasteiger partial charge in [-0.2, -0.15) is 0 Å². The summed E-state index contributed by atoms with van der Waals surface area (Å²) < 4.78 is 20.6. The molecule has 4 rings (SSSR count). The van der Waals surface area contributed by atoms with Gasteiger partial charge in [0.25, 0.3) is 0 Å². The molecule has 9 atom stereocenters. The minimum absolute atomic E-state index is 0.285. The van der Waals surface area contributed by atoms with E-state index in [0.29, 0.717) is 23.7 Å². The van der Waals surface area contributed by atoms with Crippen LogP contribution in [0.3, 0.4) is 0 Å². The van der Waals surface area contributed by atoms with Crippen LogP contribution in [0.1, 0.15) is 65.2 Å². The highest BCUT2D eigenvalue weighted by Gasteiger charge is 2.63. The molecule has 4 saturated carbocycles. The minimum atomic E-state index is -1.65. The lowest BCUT2D eigenvalue weighted by atomic mass is 9.45. The monoisotopic (exact) mass is 524 g/mol. The first-order valence-corrected chi connectivity index (χ1v) is 24.7. The highest BCUT2D eigenvalue weighted by Crippen LogP contribution is 2.67. The fraction of sp³-hybridized carbons (Fsp3) is 1.00. The van der Waals surface area contributed by atoms with Crippen LogP contribution in [0, 0.1) is 34.5 Å². The van der Waals surface area contributed by atoms with Crippen molar-refractivity contribution >= 4 is 25.0 Å². The number of hydrogen-bond donors (Lipinski definition) is 0. The largest absolute Gasteiger partial charge is 0.415 e. The molecule has 4 aliphatic rings. The molecule has 0 radical (unpaired) electrons. The van der Waals surface area contributed by atoms with E-state index in [-0.39, 0.29) is 5.41 Å². The molecule has 198 valence electrons. The van der Waals surface area contributed by atoms with Crippen molar-refractivity contribution in [1.82, 2.24) is 0 Å². The van der Waals surface area contributed by atoms with Gasteiger partial charge in [-0.15, -0.1) is 0 Å². The SMILES string of the molecule is C[C@]12CCC3C(CC[C@H]4C[C@@H](O[Si](C)(C)C)CC[C@]34C)C1C[C@H](O[Si](C)(C)C)[C@@H]2O[Si](C)(C)C. The van der Waals surface area contributed by atoms with Crippen LogP contribution in [0.25, 0.3) is 0 Å². The van der Waals surface area contributed by atoms with Gasteiger partial charge in [-0.25, -0.2) is 0 Å². The molecule has 0 N–H and O–H groups in total. The molecule has 4 fully saturated rings. The van der Waals surface area contributed by atoms with Gasteiger partial charge in [0.2, 0.25) is 0 Å². The van der Waals surface area contributed by atoms with E-state index >= 15 is 0 Å². The molecular weight excluding hydrogens is 469 g/mol. The highest BCUT2D eigenvalue weighted by molar-refractivity contribution is 6.70. The molecular formula is C28H56O3Si3. The van der Waals surface area contributed by atoms with E-state index in [9.17, 15) is 0 Å². The van der Waals surface area contributed by atoms with Crippen LogP contribution in [0.15, 0.2) is 0 Å². The van der Waals surface area contributed by atoms with E-state index in [1.807, 2.05) is 0 Å². The Morgan fingerprint density at radius 3 is 1.76 bits per heavy atom. The molecule has 0 saturated heterocycles. The zero-order chi connectivity index (χ0) is 25.3. The normalized spacial score (nSPS) is 45.4. The Kier molecular flexibility index (Phi) is 7.36. The molecule has 0 amide bonds. The van der Waals surface area contributed by atoms with Gasteiger partial charge < -0.3 is 13.3 Å². The summed E-state index contributed by atoms with van der Waals surface area (Å²) in [4.78, 5) is 0. The second-order valence-electron chi connectivity index (χ2n) is 16.0. The van der Waals surface area contributed by atoms with Crippen LogP contribution in [0.4, 0.5) is 0 Å². The number of rotatable bonds is 6. The molecule has 34 heavy (non-hydrogen) atoms. The average molecular weight is 525 g/mol. The van der Waals surface area contributed by atoms with Crippen molar-refractivity contribution in [1.29, 1.82) is 0 Å². The van der Waals surface area contributed by atoms with E-state index in [0.717, 1.165) is 23.7 Å². The van der Waals surface area contributed by atoms with E-state index in [1.54, 1.807) is 0 Å². The maximum absolute atomic E-state index is 7.03. The molecule has 0 aromatic carbocycles. The van der Waals surface area contributed by atoms with Crippen LogP contribution in [-0.4, -0.2) is 43.3 Å². The zero-order valence-electron chi connectivity index (χ0n) is 24.4. The zero-order valence-corrected chi connectivity index (χ0v) is 27.4. The number of fused-ring (bicyclic) bond motifs is 5. The Morgan fingerprint density at radius 1 is 0.588 bits per heavy atom. The van der Waals surface area contributed by atoms with Crippen molar-refractivity contribution in [2.75, 3.05) is 0 Å². The van der Waals surface area contributed by atoms with Crippen molar-refractivity contribution in [2.24, 2.45) is 34.5 Å². The van der Waals surface area contributed by atoms with Crippen LogP contribution >= 0.6 is 0 Å². The standard InChI is InChI=1S/C28H56O3Si3/c1-27-16-14-21(29-32(3,4)5)18-20(27)12-13-22-23(27)15-17-28(2)24(22)19-25(30-33(6,7)8)26(28)31-34(9,10)11/h20-26H,12-19H2,1-11H3/t20-,21-,22?,23?,24?,25-,26-,27-,28-/m0/s1. The van der Waals surface area contributed by atoms with Gasteiger partial charge >= 0.3 is 0 Å². The van der Waals surface area contributed by atoms with Crippen LogP contribution in [0.2, 0.25) is 58.9 Å².